The predicted octanol–water partition coefficient (Wildman–Crippen LogP) is 3.84. The summed E-state index contributed by atoms with van der Waals surface area (Å²) in [6.45, 7) is 5.47. The molecule has 0 atom stereocenters. The number of hydrogen-bond acceptors (Lipinski definition) is 4. The third-order valence-corrected chi connectivity index (χ3v) is 5.58. The van der Waals surface area contributed by atoms with Crippen molar-refractivity contribution in [1.29, 1.82) is 5.26 Å². The number of imidazole rings is 1. The summed E-state index contributed by atoms with van der Waals surface area (Å²) in [6, 6.07) is 10.0. The van der Waals surface area contributed by atoms with E-state index in [9.17, 15) is 9.83 Å². The van der Waals surface area contributed by atoms with E-state index >= 15 is 0 Å². The molecule has 0 unspecified atom stereocenters. The zero-order valence-corrected chi connectivity index (χ0v) is 15.2. The molecule has 0 aliphatic heterocycles. The number of para-hydroxylation sites is 2. The molecule has 2 heterocycles. The molecule has 24 heavy (non-hydrogen) atoms. The third-order valence-electron chi connectivity index (χ3n) is 4.28. The monoisotopic (exact) mass is 341 g/mol. The van der Waals surface area contributed by atoms with E-state index < -0.39 is 7.14 Å². The van der Waals surface area contributed by atoms with Crippen LogP contribution in [-0.2, 0) is 11.0 Å². The lowest BCUT2D eigenvalue weighted by molar-refractivity contribution is 0.388. The van der Waals surface area contributed by atoms with E-state index in [2.05, 4.69) is 11.1 Å². The van der Waals surface area contributed by atoms with Crippen LogP contribution in [-0.4, -0.2) is 36.0 Å². The Balaban J connectivity index is 2.39. The van der Waals surface area contributed by atoms with Gasteiger partial charge in [0.1, 0.15) is 6.07 Å². The van der Waals surface area contributed by atoms with E-state index in [1.807, 2.05) is 35.6 Å². The van der Waals surface area contributed by atoms with Crippen LogP contribution < -0.4 is 4.74 Å². The van der Waals surface area contributed by atoms with Crippen molar-refractivity contribution in [2.24, 2.45) is 0 Å². The third kappa shape index (κ3) is 2.68. The molecule has 0 aliphatic rings. The largest absolute Gasteiger partial charge is 0.482 e. The SMILES string of the molecule is COc1c(CCP(C)(C)=O)c(C)c(C#N)c2nc3ccccc3n12. The van der Waals surface area contributed by atoms with Crippen LogP contribution in [0.4, 0.5) is 0 Å². The van der Waals surface area contributed by atoms with Crippen LogP contribution in [0, 0.1) is 18.3 Å². The van der Waals surface area contributed by atoms with Gasteiger partial charge in [-0.25, -0.2) is 4.98 Å². The molecule has 3 rings (SSSR count). The summed E-state index contributed by atoms with van der Waals surface area (Å²) in [5, 5.41) is 9.66. The van der Waals surface area contributed by atoms with E-state index in [1.165, 1.54) is 0 Å². The van der Waals surface area contributed by atoms with Gasteiger partial charge in [-0.15, -0.1) is 0 Å². The van der Waals surface area contributed by atoms with E-state index in [0.29, 0.717) is 29.7 Å². The normalized spacial score (nSPS) is 11.8. The Kier molecular flexibility index (Phi) is 4.11. The number of rotatable bonds is 4. The van der Waals surface area contributed by atoms with Crippen LogP contribution >= 0.6 is 7.14 Å². The fourth-order valence-corrected chi connectivity index (χ4v) is 3.80. The number of fused-ring (bicyclic) bond motifs is 3. The van der Waals surface area contributed by atoms with Gasteiger partial charge in [-0.3, -0.25) is 4.40 Å². The van der Waals surface area contributed by atoms with E-state index in [4.69, 9.17) is 4.74 Å². The second-order valence-electron chi connectivity index (χ2n) is 6.41. The lowest BCUT2D eigenvalue weighted by Crippen LogP contribution is -2.07. The Labute approximate surface area is 141 Å². The Morgan fingerprint density at radius 1 is 1.33 bits per heavy atom. The summed E-state index contributed by atoms with van der Waals surface area (Å²) in [7, 11) is -0.541. The van der Waals surface area contributed by atoms with Crippen molar-refractivity contribution >= 4 is 23.8 Å². The van der Waals surface area contributed by atoms with Crippen molar-refractivity contribution in [3.8, 4) is 11.9 Å². The molecule has 124 valence electrons. The van der Waals surface area contributed by atoms with Gasteiger partial charge in [0.25, 0.3) is 0 Å². The second kappa shape index (κ2) is 5.96. The Morgan fingerprint density at radius 3 is 2.67 bits per heavy atom. The molecule has 0 saturated carbocycles. The molecule has 0 fully saturated rings. The summed E-state index contributed by atoms with van der Waals surface area (Å²) in [5.41, 5.74) is 4.65. The van der Waals surface area contributed by atoms with Crippen molar-refractivity contribution in [1.82, 2.24) is 9.38 Å². The minimum absolute atomic E-state index is 0.545. The van der Waals surface area contributed by atoms with Crippen molar-refractivity contribution in [3.63, 3.8) is 0 Å². The first-order valence-electron chi connectivity index (χ1n) is 7.78. The maximum Gasteiger partial charge on any atom is 0.203 e. The molecular formula is C18H20N3O2P. The first-order valence-corrected chi connectivity index (χ1v) is 10.6. The first kappa shape index (κ1) is 16.5. The highest BCUT2D eigenvalue weighted by Gasteiger charge is 2.22. The maximum atomic E-state index is 12.2. The molecule has 3 aromatic rings. The lowest BCUT2D eigenvalue weighted by Gasteiger charge is -2.17. The van der Waals surface area contributed by atoms with Gasteiger partial charge in [-0.2, -0.15) is 5.26 Å². The van der Waals surface area contributed by atoms with Gasteiger partial charge in [0.05, 0.1) is 30.8 Å². The van der Waals surface area contributed by atoms with Crippen LogP contribution in [0.15, 0.2) is 24.3 Å². The highest BCUT2D eigenvalue weighted by molar-refractivity contribution is 7.62. The van der Waals surface area contributed by atoms with Crippen LogP contribution in [0.3, 0.4) is 0 Å². The highest BCUT2D eigenvalue weighted by atomic mass is 31.2. The predicted molar refractivity (Wildman–Crippen MR) is 96.7 cm³/mol. The molecule has 0 bridgehead atoms. The molecule has 0 amide bonds. The quantitative estimate of drug-likeness (QED) is 0.676. The van der Waals surface area contributed by atoms with E-state index in [0.717, 1.165) is 22.2 Å². The Morgan fingerprint density at radius 2 is 2.04 bits per heavy atom. The molecule has 5 nitrogen and oxygen atoms in total. The number of ether oxygens (including phenoxy) is 1. The van der Waals surface area contributed by atoms with Crippen LogP contribution in [0.1, 0.15) is 16.7 Å². The molecule has 0 spiro atoms. The van der Waals surface area contributed by atoms with Crippen LogP contribution in [0.25, 0.3) is 16.7 Å². The molecular weight excluding hydrogens is 321 g/mol. The fraction of sp³-hybridized carbons (Fsp3) is 0.333. The van der Waals surface area contributed by atoms with Gasteiger partial charge in [0, 0.05) is 11.7 Å². The van der Waals surface area contributed by atoms with Crippen LogP contribution in [0.5, 0.6) is 5.88 Å². The minimum atomic E-state index is -2.16. The topological polar surface area (TPSA) is 67.4 Å². The number of nitriles is 1. The number of hydrogen-bond donors (Lipinski definition) is 0. The number of benzene rings is 1. The van der Waals surface area contributed by atoms with Gasteiger partial charge < -0.3 is 9.30 Å². The lowest BCUT2D eigenvalue weighted by atomic mass is 10.0. The zero-order valence-electron chi connectivity index (χ0n) is 14.3. The summed E-state index contributed by atoms with van der Waals surface area (Å²) in [5.74, 6) is 0.670. The molecule has 0 saturated heterocycles. The maximum absolute atomic E-state index is 12.2. The van der Waals surface area contributed by atoms with Crippen molar-refractivity contribution in [2.45, 2.75) is 13.3 Å². The van der Waals surface area contributed by atoms with E-state index in [-0.39, 0.29) is 0 Å². The summed E-state index contributed by atoms with van der Waals surface area (Å²) in [6.07, 6.45) is 1.18. The Hall–Kier alpha value is -2.31. The summed E-state index contributed by atoms with van der Waals surface area (Å²) in [4.78, 5) is 4.61. The molecule has 2 aromatic heterocycles. The Bertz CT molecular complexity index is 1020. The van der Waals surface area contributed by atoms with Gasteiger partial charge in [-0.1, -0.05) is 12.1 Å². The highest BCUT2D eigenvalue weighted by Crippen LogP contribution is 2.39. The second-order valence-corrected chi connectivity index (χ2v) is 10.0. The van der Waals surface area contributed by atoms with Gasteiger partial charge in [-0.05, 0) is 44.4 Å². The minimum Gasteiger partial charge on any atom is -0.482 e. The zero-order chi connectivity index (χ0) is 17.5. The molecule has 6 heteroatoms. The first-order chi connectivity index (χ1) is 11.4. The number of aromatic nitrogens is 2. The molecule has 0 radical (unpaired) electrons. The molecule has 0 aliphatic carbocycles. The van der Waals surface area contributed by atoms with Crippen LogP contribution in [0.2, 0.25) is 0 Å². The van der Waals surface area contributed by atoms with Gasteiger partial charge >= 0.3 is 0 Å². The average molecular weight is 341 g/mol. The van der Waals surface area contributed by atoms with Crippen molar-refractivity contribution < 1.29 is 9.30 Å². The van der Waals surface area contributed by atoms with Crippen molar-refractivity contribution in [3.05, 3.63) is 41.0 Å². The summed E-state index contributed by atoms with van der Waals surface area (Å²) < 4.78 is 19.7. The summed E-state index contributed by atoms with van der Waals surface area (Å²) >= 11 is 0. The molecule has 0 N–H and O–H groups in total. The molecule has 1 aromatic carbocycles. The van der Waals surface area contributed by atoms with Gasteiger partial charge in [0.15, 0.2) is 5.65 Å². The average Bonchev–Trinajstić information content (AvgIpc) is 2.90. The number of nitrogens with zero attached hydrogens (tertiary/aromatic N) is 3. The fourth-order valence-electron chi connectivity index (χ4n) is 3.04. The standard InChI is InChI=1S/C18H20N3O2P/c1-12-13(9-10-24(3,4)22)18(23-2)21-16-8-6-5-7-15(16)20-17(21)14(12)11-19/h5-8H,9-10H2,1-4H3. The smallest absolute Gasteiger partial charge is 0.203 e. The van der Waals surface area contributed by atoms with E-state index in [1.54, 1.807) is 20.4 Å². The number of pyridine rings is 1. The van der Waals surface area contributed by atoms with Gasteiger partial charge in [0.2, 0.25) is 5.88 Å². The van der Waals surface area contributed by atoms with Crippen molar-refractivity contribution in [2.75, 3.05) is 26.6 Å². The number of methoxy groups -OCH3 is 1.